The zero-order chi connectivity index (χ0) is 17.4. The summed E-state index contributed by atoms with van der Waals surface area (Å²) in [5, 5.41) is 11.6. The molecule has 0 saturated heterocycles. The summed E-state index contributed by atoms with van der Waals surface area (Å²) in [5.74, 6) is -0.479. The van der Waals surface area contributed by atoms with Gasteiger partial charge in [0.05, 0.1) is 12.6 Å². The van der Waals surface area contributed by atoms with Gasteiger partial charge in [0, 0.05) is 6.61 Å². The predicted octanol–water partition coefficient (Wildman–Crippen LogP) is 1.62. The highest BCUT2D eigenvalue weighted by Crippen LogP contribution is 2.08. The molecule has 0 radical (unpaired) electrons. The number of nitrogens with one attached hydrogen (secondary N) is 1. The summed E-state index contributed by atoms with van der Waals surface area (Å²) in [4.78, 5) is 23.2. The van der Waals surface area contributed by atoms with E-state index in [0.29, 0.717) is 6.42 Å². The maximum atomic E-state index is 11.7. The van der Waals surface area contributed by atoms with Gasteiger partial charge in [-0.3, -0.25) is 0 Å². The average Bonchev–Trinajstić information content (AvgIpc) is 2.23. The number of alkyl carbamates (subject to hydrolysis) is 1. The zero-order valence-electron chi connectivity index (χ0n) is 14.4. The van der Waals surface area contributed by atoms with Crippen molar-refractivity contribution < 1.29 is 28.9 Å². The second-order valence-corrected chi connectivity index (χ2v) is 6.96. The van der Waals surface area contributed by atoms with E-state index in [0.717, 1.165) is 0 Å². The Morgan fingerprint density at radius 1 is 1.05 bits per heavy atom. The lowest BCUT2D eigenvalue weighted by atomic mass is 10.2. The number of rotatable bonds is 7. The summed E-state index contributed by atoms with van der Waals surface area (Å²) in [5.41, 5.74) is -1.18. The van der Waals surface area contributed by atoms with Crippen LogP contribution in [0, 0.1) is 0 Å². The minimum atomic E-state index is -0.606. The van der Waals surface area contributed by atoms with Crippen LogP contribution in [0.5, 0.6) is 0 Å². The number of amides is 1. The summed E-state index contributed by atoms with van der Waals surface area (Å²) in [6.45, 7) is 10.3. The molecule has 0 aromatic rings. The summed E-state index contributed by atoms with van der Waals surface area (Å²) >= 11 is 0. The third-order valence-electron chi connectivity index (χ3n) is 2.16. The fourth-order valence-electron chi connectivity index (χ4n) is 1.48. The number of esters is 1. The van der Waals surface area contributed by atoms with Crippen LogP contribution in [0.2, 0.25) is 0 Å². The number of hydrogen-bond acceptors (Lipinski definition) is 6. The molecule has 1 atom stereocenters. The van der Waals surface area contributed by atoms with Gasteiger partial charge >= 0.3 is 12.1 Å². The Morgan fingerprint density at radius 3 is 2.05 bits per heavy atom. The third-order valence-corrected chi connectivity index (χ3v) is 2.16. The van der Waals surface area contributed by atoms with Crippen molar-refractivity contribution in [2.75, 3.05) is 19.8 Å². The molecule has 130 valence electrons. The Balaban J connectivity index is 4.20. The Kier molecular flexibility index (Phi) is 8.40. The fourth-order valence-corrected chi connectivity index (χ4v) is 1.48. The van der Waals surface area contributed by atoms with E-state index in [4.69, 9.17) is 19.3 Å². The summed E-state index contributed by atoms with van der Waals surface area (Å²) in [6.07, 6.45) is -0.292. The Hall–Kier alpha value is -1.34. The number of carbonyl (C=O) groups excluding carboxylic acids is 2. The van der Waals surface area contributed by atoms with E-state index in [2.05, 4.69) is 5.32 Å². The molecule has 0 aliphatic rings. The van der Waals surface area contributed by atoms with Crippen LogP contribution in [0.15, 0.2) is 0 Å². The minimum Gasteiger partial charge on any atom is -0.458 e. The van der Waals surface area contributed by atoms with Crippen LogP contribution < -0.4 is 5.32 Å². The summed E-state index contributed by atoms with van der Waals surface area (Å²) in [6, 6.07) is -0.442. The van der Waals surface area contributed by atoms with Crippen LogP contribution in [-0.2, 0) is 19.0 Å². The van der Waals surface area contributed by atoms with Crippen LogP contribution in [-0.4, -0.2) is 54.2 Å². The molecule has 0 heterocycles. The molecule has 7 heteroatoms. The van der Waals surface area contributed by atoms with Crippen LogP contribution >= 0.6 is 0 Å². The molecule has 0 fully saturated rings. The highest BCUT2D eigenvalue weighted by Gasteiger charge is 2.20. The molecule has 7 nitrogen and oxygen atoms in total. The molecule has 22 heavy (non-hydrogen) atoms. The lowest BCUT2D eigenvalue weighted by Crippen LogP contribution is -2.42. The highest BCUT2D eigenvalue weighted by molar-refractivity contribution is 5.71. The van der Waals surface area contributed by atoms with Crippen molar-refractivity contribution >= 4 is 12.1 Å². The molecule has 0 aliphatic heterocycles. The lowest BCUT2D eigenvalue weighted by Gasteiger charge is -2.23. The van der Waals surface area contributed by atoms with E-state index in [9.17, 15) is 9.59 Å². The van der Waals surface area contributed by atoms with Gasteiger partial charge in [-0.15, -0.1) is 0 Å². The monoisotopic (exact) mass is 319 g/mol. The first-order chi connectivity index (χ1) is 9.93. The second kappa shape index (κ2) is 8.95. The quantitative estimate of drug-likeness (QED) is 0.693. The largest absolute Gasteiger partial charge is 0.458 e. The van der Waals surface area contributed by atoms with Crippen molar-refractivity contribution in [2.45, 2.75) is 65.2 Å². The molecule has 1 amide bonds. The van der Waals surface area contributed by atoms with E-state index in [-0.39, 0.29) is 19.8 Å². The second-order valence-electron chi connectivity index (χ2n) is 6.96. The zero-order valence-corrected chi connectivity index (χ0v) is 14.4. The number of aliphatic hydroxyl groups excluding tert-OH is 1. The first-order valence-electron chi connectivity index (χ1n) is 7.33. The van der Waals surface area contributed by atoms with Crippen LogP contribution in [0.4, 0.5) is 4.79 Å². The smallest absolute Gasteiger partial charge is 0.407 e. The van der Waals surface area contributed by atoms with Gasteiger partial charge in [0.2, 0.25) is 0 Å². The Bertz CT molecular complexity index is 356. The number of ether oxygens (including phenoxy) is 3. The summed E-state index contributed by atoms with van der Waals surface area (Å²) in [7, 11) is 0. The van der Waals surface area contributed by atoms with E-state index in [1.807, 2.05) is 0 Å². The lowest BCUT2D eigenvalue weighted by molar-refractivity contribution is -0.160. The van der Waals surface area contributed by atoms with E-state index in [1.54, 1.807) is 41.5 Å². The van der Waals surface area contributed by atoms with Crippen molar-refractivity contribution in [3.05, 3.63) is 0 Å². The summed E-state index contributed by atoms with van der Waals surface area (Å²) < 4.78 is 15.5. The minimum absolute atomic E-state index is 0.0824. The van der Waals surface area contributed by atoms with Crippen molar-refractivity contribution in [1.82, 2.24) is 5.32 Å². The highest BCUT2D eigenvalue weighted by atomic mass is 16.6. The Morgan fingerprint density at radius 2 is 1.59 bits per heavy atom. The molecule has 2 N–H and O–H groups in total. The van der Waals surface area contributed by atoms with Crippen molar-refractivity contribution in [1.29, 1.82) is 0 Å². The van der Waals surface area contributed by atoms with Gasteiger partial charge in [-0.2, -0.15) is 0 Å². The van der Waals surface area contributed by atoms with E-state index in [1.165, 1.54) is 0 Å². The normalized spacial score (nSPS) is 13.4. The Labute approximate surface area is 132 Å². The van der Waals surface area contributed by atoms with Crippen LogP contribution in [0.25, 0.3) is 0 Å². The van der Waals surface area contributed by atoms with Gasteiger partial charge in [0.25, 0.3) is 0 Å². The number of hydrogen-bond donors (Lipinski definition) is 2. The molecule has 0 aliphatic carbocycles. The van der Waals surface area contributed by atoms with Crippen LogP contribution in [0.1, 0.15) is 48.0 Å². The fraction of sp³-hybridized carbons (Fsp3) is 0.867. The molecule has 0 bridgehead atoms. The SMILES string of the molecule is CC(C)(C)OC(=O)COC[C@H](CCO)NC(=O)OC(C)(C)C. The average molecular weight is 319 g/mol. The third kappa shape index (κ3) is 12.4. The van der Waals surface area contributed by atoms with Gasteiger partial charge in [0.15, 0.2) is 0 Å². The molecular formula is C15H29NO6. The molecule has 0 rings (SSSR count). The van der Waals surface area contributed by atoms with E-state index < -0.39 is 29.3 Å². The van der Waals surface area contributed by atoms with Gasteiger partial charge in [-0.05, 0) is 48.0 Å². The first kappa shape index (κ1) is 20.7. The molecule has 0 unspecified atom stereocenters. The topological polar surface area (TPSA) is 94.1 Å². The number of carbonyl (C=O) groups is 2. The van der Waals surface area contributed by atoms with E-state index >= 15 is 0 Å². The number of aliphatic hydroxyl groups is 1. The first-order valence-corrected chi connectivity index (χ1v) is 7.33. The van der Waals surface area contributed by atoms with Gasteiger partial charge in [-0.25, -0.2) is 9.59 Å². The van der Waals surface area contributed by atoms with Gasteiger partial charge in [0.1, 0.15) is 17.8 Å². The van der Waals surface area contributed by atoms with Crippen molar-refractivity contribution in [2.24, 2.45) is 0 Å². The molecule has 0 aromatic heterocycles. The predicted molar refractivity (Wildman–Crippen MR) is 81.5 cm³/mol. The van der Waals surface area contributed by atoms with Crippen LogP contribution in [0.3, 0.4) is 0 Å². The molecular weight excluding hydrogens is 290 g/mol. The van der Waals surface area contributed by atoms with Crippen molar-refractivity contribution in [3.8, 4) is 0 Å². The maximum absolute atomic E-state index is 11.7. The van der Waals surface area contributed by atoms with Gasteiger partial charge in [-0.1, -0.05) is 0 Å². The van der Waals surface area contributed by atoms with Crippen molar-refractivity contribution in [3.63, 3.8) is 0 Å². The molecule has 0 aromatic carbocycles. The standard InChI is InChI=1S/C15H29NO6/c1-14(2,3)21-12(18)10-20-9-11(7-8-17)16-13(19)22-15(4,5)6/h11,17H,7-10H2,1-6H3,(H,16,19)/t11-/m0/s1. The molecule has 0 spiro atoms. The maximum Gasteiger partial charge on any atom is 0.407 e. The molecule has 0 saturated carbocycles. The van der Waals surface area contributed by atoms with Gasteiger partial charge < -0.3 is 24.6 Å².